The summed E-state index contributed by atoms with van der Waals surface area (Å²) in [6, 6.07) is 7.86. The second kappa shape index (κ2) is 6.51. The lowest BCUT2D eigenvalue weighted by atomic mass is 10.1. The molecule has 0 unspecified atom stereocenters. The largest absolute Gasteiger partial charge is 0.103 e. The minimum absolute atomic E-state index is 0.785. The Morgan fingerprint density at radius 2 is 1.86 bits per heavy atom. The highest BCUT2D eigenvalue weighted by atomic mass is 35.5. The molecule has 0 N–H and O–H groups in total. The molecule has 0 atom stereocenters. The molecule has 1 aromatic rings. The zero-order valence-electron chi connectivity index (χ0n) is 8.52. The molecule has 0 aromatic heterocycles. The maximum absolute atomic E-state index is 5.78. The third-order valence-corrected chi connectivity index (χ3v) is 2.24. The van der Waals surface area contributed by atoms with Crippen LogP contribution in [-0.4, -0.2) is 0 Å². The lowest BCUT2D eigenvalue weighted by Gasteiger charge is -1.93. The minimum atomic E-state index is 0.785. The van der Waals surface area contributed by atoms with Gasteiger partial charge in [0.1, 0.15) is 0 Å². The summed E-state index contributed by atoms with van der Waals surface area (Å²) in [5.41, 5.74) is 1.23. The van der Waals surface area contributed by atoms with E-state index in [1.54, 1.807) is 0 Å². The molecule has 0 saturated heterocycles. The van der Waals surface area contributed by atoms with Crippen molar-refractivity contribution < 1.29 is 0 Å². The van der Waals surface area contributed by atoms with Crippen molar-refractivity contribution in [3.63, 3.8) is 0 Å². The van der Waals surface area contributed by atoms with Crippen molar-refractivity contribution >= 4 is 11.6 Å². The van der Waals surface area contributed by atoms with Gasteiger partial charge in [0.2, 0.25) is 0 Å². The summed E-state index contributed by atoms with van der Waals surface area (Å²) in [4.78, 5) is 0. The topological polar surface area (TPSA) is 0 Å². The highest BCUT2D eigenvalue weighted by Gasteiger charge is 1.89. The summed E-state index contributed by atoms with van der Waals surface area (Å²) < 4.78 is 0. The lowest BCUT2D eigenvalue weighted by molar-refractivity contribution is 0.827. The number of halogens is 1. The fraction of sp³-hybridized carbons (Fsp3) is 0.385. The van der Waals surface area contributed by atoms with Gasteiger partial charge < -0.3 is 0 Å². The third-order valence-electron chi connectivity index (χ3n) is 1.99. The van der Waals surface area contributed by atoms with E-state index < -0.39 is 0 Å². The molecule has 0 saturated carbocycles. The Kier molecular flexibility index (Phi) is 5.19. The fourth-order valence-corrected chi connectivity index (χ4v) is 1.25. The summed E-state index contributed by atoms with van der Waals surface area (Å²) in [7, 11) is 0. The number of benzene rings is 1. The van der Waals surface area contributed by atoms with Crippen molar-refractivity contribution in [3.8, 4) is 11.8 Å². The standard InChI is InChI=1S/C13H15Cl/c1-2-3-4-5-6-7-12-8-10-13(14)11-9-12/h8-11H,2-4,7H2,1H3. The second-order valence-corrected chi connectivity index (χ2v) is 3.70. The van der Waals surface area contributed by atoms with Crippen LogP contribution in [0.3, 0.4) is 0 Å². The van der Waals surface area contributed by atoms with Gasteiger partial charge in [0.25, 0.3) is 0 Å². The van der Waals surface area contributed by atoms with Gasteiger partial charge in [-0.15, -0.1) is 5.92 Å². The molecular formula is C13H15Cl. The number of hydrogen-bond donors (Lipinski definition) is 0. The van der Waals surface area contributed by atoms with Crippen molar-refractivity contribution in [2.75, 3.05) is 0 Å². The van der Waals surface area contributed by atoms with E-state index in [2.05, 4.69) is 18.8 Å². The van der Waals surface area contributed by atoms with Crippen LogP contribution in [0.4, 0.5) is 0 Å². The van der Waals surface area contributed by atoms with Crippen LogP contribution in [0.25, 0.3) is 0 Å². The zero-order chi connectivity index (χ0) is 10.2. The molecule has 1 rings (SSSR count). The van der Waals surface area contributed by atoms with Crippen molar-refractivity contribution in [2.24, 2.45) is 0 Å². The van der Waals surface area contributed by atoms with Gasteiger partial charge in [0.05, 0.1) is 0 Å². The zero-order valence-corrected chi connectivity index (χ0v) is 9.27. The minimum Gasteiger partial charge on any atom is -0.103 e. The number of rotatable bonds is 3. The van der Waals surface area contributed by atoms with Crippen LogP contribution < -0.4 is 0 Å². The van der Waals surface area contributed by atoms with Crippen LogP contribution in [0.15, 0.2) is 24.3 Å². The van der Waals surface area contributed by atoms with E-state index in [4.69, 9.17) is 11.6 Å². The maximum atomic E-state index is 5.78. The molecule has 0 aliphatic rings. The maximum Gasteiger partial charge on any atom is 0.0406 e. The third kappa shape index (κ3) is 4.35. The van der Waals surface area contributed by atoms with Crippen molar-refractivity contribution in [1.29, 1.82) is 0 Å². The Morgan fingerprint density at radius 1 is 1.14 bits per heavy atom. The normalized spacial score (nSPS) is 9.29. The van der Waals surface area contributed by atoms with Gasteiger partial charge in [-0.3, -0.25) is 0 Å². The van der Waals surface area contributed by atoms with E-state index >= 15 is 0 Å². The molecule has 0 aliphatic carbocycles. The Hall–Kier alpha value is -0.930. The van der Waals surface area contributed by atoms with Crippen LogP contribution in [0.1, 0.15) is 31.7 Å². The summed E-state index contributed by atoms with van der Waals surface area (Å²) in [5.74, 6) is 6.33. The molecule has 0 amide bonds. The Labute approximate surface area is 91.3 Å². The molecule has 0 heterocycles. The van der Waals surface area contributed by atoms with Gasteiger partial charge >= 0.3 is 0 Å². The second-order valence-electron chi connectivity index (χ2n) is 3.26. The lowest BCUT2D eigenvalue weighted by Crippen LogP contribution is -1.79. The molecular weight excluding hydrogens is 192 g/mol. The Balaban J connectivity index is 2.36. The molecule has 0 radical (unpaired) electrons. The molecule has 0 aliphatic heterocycles. The predicted molar refractivity (Wildman–Crippen MR) is 62.5 cm³/mol. The van der Waals surface area contributed by atoms with E-state index in [-0.39, 0.29) is 0 Å². The van der Waals surface area contributed by atoms with Gasteiger partial charge in [-0.05, 0) is 24.1 Å². The Morgan fingerprint density at radius 3 is 2.50 bits per heavy atom. The van der Waals surface area contributed by atoms with Crippen molar-refractivity contribution in [3.05, 3.63) is 34.9 Å². The molecule has 0 spiro atoms. The molecule has 0 fully saturated rings. The van der Waals surface area contributed by atoms with Crippen LogP contribution in [-0.2, 0) is 6.42 Å². The van der Waals surface area contributed by atoms with E-state index in [9.17, 15) is 0 Å². The molecule has 0 bridgehead atoms. The SMILES string of the molecule is CCCCC#CCc1ccc(Cl)cc1. The monoisotopic (exact) mass is 206 g/mol. The summed E-state index contributed by atoms with van der Waals surface area (Å²) in [6.07, 6.45) is 4.27. The van der Waals surface area contributed by atoms with E-state index in [1.807, 2.05) is 24.3 Å². The highest BCUT2D eigenvalue weighted by molar-refractivity contribution is 6.30. The quantitative estimate of drug-likeness (QED) is 0.517. The average molecular weight is 207 g/mol. The van der Waals surface area contributed by atoms with E-state index in [0.717, 1.165) is 17.9 Å². The number of unbranched alkanes of at least 4 members (excludes halogenated alkanes) is 2. The first kappa shape index (κ1) is 11.1. The molecule has 1 heteroatoms. The predicted octanol–water partition coefficient (Wildman–Crippen LogP) is 4.08. The summed E-state index contributed by atoms with van der Waals surface area (Å²) >= 11 is 5.78. The first-order chi connectivity index (χ1) is 6.83. The van der Waals surface area contributed by atoms with Gasteiger partial charge in [0.15, 0.2) is 0 Å². The first-order valence-corrected chi connectivity index (χ1v) is 5.41. The van der Waals surface area contributed by atoms with Crippen LogP contribution in [0, 0.1) is 11.8 Å². The van der Waals surface area contributed by atoms with Crippen LogP contribution in [0.2, 0.25) is 5.02 Å². The molecule has 74 valence electrons. The average Bonchev–Trinajstić information content (AvgIpc) is 2.21. The van der Waals surface area contributed by atoms with Crippen molar-refractivity contribution in [1.82, 2.24) is 0 Å². The van der Waals surface area contributed by atoms with Gasteiger partial charge in [-0.1, -0.05) is 43.0 Å². The van der Waals surface area contributed by atoms with Crippen molar-refractivity contribution in [2.45, 2.75) is 32.6 Å². The van der Waals surface area contributed by atoms with E-state index in [1.165, 1.54) is 18.4 Å². The number of hydrogen-bond acceptors (Lipinski definition) is 0. The van der Waals surface area contributed by atoms with Gasteiger partial charge in [-0.25, -0.2) is 0 Å². The van der Waals surface area contributed by atoms with Gasteiger partial charge in [0, 0.05) is 17.9 Å². The first-order valence-electron chi connectivity index (χ1n) is 5.03. The molecule has 0 nitrogen and oxygen atoms in total. The van der Waals surface area contributed by atoms with Crippen LogP contribution in [0.5, 0.6) is 0 Å². The highest BCUT2D eigenvalue weighted by Crippen LogP contribution is 2.09. The Bertz CT molecular complexity index is 313. The molecule has 14 heavy (non-hydrogen) atoms. The van der Waals surface area contributed by atoms with Crippen LogP contribution >= 0.6 is 11.6 Å². The smallest absolute Gasteiger partial charge is 0.0406 e. The summed E-state index contributed by atoms with van der Waals surface area (Å²) in [5, 5.41) is 0.785. The molecule has 1 aromatic carbocycles. The van der Waals surface area contributed by atoms with Gasteiger partial charge in [-0.2, -0.15) is 0 Å². The summed E-state index contributed by atoms with van der Waals surface area (Å²) in [6.45, 7) is 2.18. The fourth-order valence-electron chi connectivity index (χ4n) is 1.12. The van der Waals surface area contributed by atoms with E-state index in [0.29, 0.717) is 0 Å².